The molecule has 1 aromatic carbocycles. The van der Waals surface area contributed by atoms with Crippen molar-refractivity contribution in [3.8, 4) is 11.3 Å². The number of nitrogens with two attached hydrogens (primary N) is 1. The van der Waals surface area contributed by atoms with E-state index in [1.165, 1.54) is 12.8 Å². The van der Waals surface area contributed by atoms with E-state index in [1.54, 1.807) is 13.3 Å². The molecule has 0 radical (unpaired) electrons. The van der Waals surface area contributed by atoms with Gasteiger partial charge in [0.05, 0.1) is 22.6 Å². The number of pyridine rings is 2. The van der Waals surface area contributed by atoms with E-state index in [-0.39, 0.29) is 0 Å². The molecule has 30 heavy (non-hydrogen) atoms. The third kappa shape index (κ3) is 3.40. The van der Waals surface area contributed by atoms with Crippen molar-refractivity contribution in [3.63, 3.8) is 0 Å². The number of hydrogen-bond acceptors (Lipinski definition) is 6. The molecule has 3 aromatic rings. The van der Waals surface area contributed by atoms with Crippen molar-refractivity contribution in [1.29, 1.82) is 0 Å². The Morgan fingerprint density at radius 1 is 1.27 bits per heavy atom. The first-order chi connectivity index (χ1) is 14.5. The number of hydrogen-bond donors (Lipinski definition) is 2. The summed E-state index contributed by atoms with van der Waals surface area (Å²) < 4.78 is 0. The number of piperazine rings is 1. The van der Waals surface area contributed by atoms with Crippen molar-refractivity contribution in [3.05, 3.63) is 46.6 Å². The maximum atomic E-state index is 6.70. The predicted molar refractivity (Wildman–Crippen MR) is 125 cm³/mol. The minimum Gasteiger partial charge on any atom is -0.398 e. The molecule has 2 aliphatic rings. The molecule has 3 heterocycles. The van der Waals surface area contributed by atoms with Gasteiger partial charge in [-0.15, -0.1) is 0 Å². The van der Waals surface area contributed by atoms with E-state index in [9.17, 15) is 0 Å². The maximum absolute atomic E-state index is 6.70. The Morgan fingerprint density at radius 2 is 2.10 bits per heavy atom. The lowest BCUT2D eigenvalue weighted by atomic mass is 10.0. The molecule has 1 saturated carbocycles. The average Bonchev–Trinajstić information content (AvgIpc) is 3.49. The van der Waals surface area contributed by atoms with Gasteiger partial charge in [0.1, 0.15) is 0 Å². The second-order valence-electron chi connectivity index (χ2n) is 8.37. The maximum Gasteiger partial charge on any atom is 0.161 e. The van der Waals surface area contributed by atoms with Crippen LogP contribution < -0.4 is 16.0 Å². The van der Waals surface area contributed by atoms with E-state index < -0.39 is 0 Å². The number of nitrogen functional groups attached to an aromatic ring is 1. The summed E-state index contributed by atoms with van der Waals surface area (Å²) in [5.41, 5.74) is 12.6. The highest BCUT2D eigenvalue weighted by Crippen LogP contribution is 2.39. The lowest BCUT2D eigenvalue weighted by molar-refractivity contribution is 0.442. The standard InChI is InChI=1S/C23H25ClN6/c1-14-7-15(8-16(11-26-2)21(14)25)20-10-19(24)18-9-17(12-27-22(18)29-20)30-6-5-28-23(13-30)3-4-23/h7-12,28H,3-6,13,25H2,1-2H3. The van der Waals surface area contributed by atoms with Crippen molar-refractivity contribution >= 4 is 40.2 Å². The van der Waals surface area contributed by atoms with Gasteiger partial charge < -0.3 is 16.0 Å². The zero-order valence-electron chi connectivity index (χ0n) is 17.2. The van der Waals surface area contributed by atoms with Crippen LogP contribution in [-0.4, -0.2) is 48.4 Å². The van der Waals surface area contributed by atoms with Crippen LogP contribution in [0.5, 0.6) is 0 Å². The Kier molecular flexibility index (Phi) is 4.64. The number of aromatic nitrogens is 2. The van der Waals surface area contributed by atoms with Gasteiger partial charge in [-0.05, 0) is 49.6 Å². The molecule has 0 amide bonds. The average molecular weight is 421 g/mol. The molecule has 7 heteroatoms. The Bertz CT molecular complexity index is 1170. The number of anilines is 2. The van der Waals surface area contributed by atoms with E-state index in [4.69, 9.17) is 22.3 Å². The highest BCUT2D eigenvalue weighted by atomic mass is 35.5. The van der Waals surface area contributed by atoms with Gasteiger partial charge in [0.25, 0.3) is 0 Å². The first-order valence-corrected chi connectivity index (χ1v) is 10.6. The van der Waals surface area contributed by atoms with Crippen LogP contribution in [0.4, 0.5) is 11.4 Å². The molecule has 1 aliphatic heterocycles. The van der Waals surface area contributed by atoms with Gasteiger partial charge in [-0.2, -0.15) is 0 Å². The van der Waals surface area contributed by atoms with Gasteiger partial charge in [-0.25, -0.2) is 9.97 Å². The van der Waals surface area contributed by atoms with Crippen molar-refractivity contribution in [2.24, 2.45) is 4.99 Å². The summed E-state index contributed by atoms with van der Waals surface area (Å²) in [5.74, 6) is 0. The molecular formula is C23H25ClN6. The third-order valence-electron chi connectivity index (χ3n) is 6.18. The van der Waals surface area contributed by atoms with E-state index in [0.717, 1.165) is 58.8 Å². The summed E-state index contributed by atoms with van der Waals surface area (Å²) >= 11 is 6.70. The fourth-order valence-corrected chi connectivity index (χ4v) is 4.50. The SMILES string of the molecule is CN=Cc1cc(-c2cc(Cl)c3cc(N4CCNC5(CC5)C4)cnc3n2)cc(C)c1N. The van der Waals surface area contributed by atoms with E-state index in [0.29, 0.717) is 16.2 Å². The van der Waals surface area contributed by atoms with Crippen LogP contribution in [-0.2, 0) is 0 Å². The summed E-state index contributed by atoms with van der Waals surface area (Å²) in [6.45, 7) is 4.99. The van der Waals surface area contributed by atoms with Crippen LogP contribution in [0.1, 0.15) is 24.0 Å². The van der Waals surface area contributed by atoms with Gasteiger partial charge in [-0.1, -0.05) is 11.6 Å². The third-order valence-corrected chi connectivity index (χ3v) is 6.49. The molecular weight excluding hydrogens is 396 g/mol. The minimum absolute atomic E-state index is 0.311. The largest absolute Gasteiger partial charge is 0.398 e. The van der Waals surface area contributed by atoms with E-state index >= 15 is 0 Å². The minimum atomic E-state index is 0.311. The summed E-state index contributed by atoms with van der Waals surface area (Å²) in [7, 11) is 1.73. The topological polar surface area (TPSA) is 79.4 Å². The zero-order chi connectivity index (χ0) is 20.9. The molecule has 0 atom stereocenters. The lowest BCUT2D eigenvalue weighted by Crippen LogP contribution is -2.52. The van der Waals surface area contributed by atoms with Crippen LogP contribution in [0.15, 0.2) is 35.5 Å². The van der Waals surface area contributed by atoms with Gasteiger partial charge >= 0.3 is 0 Å². The van der Waals surface area contributed by atoms with Crippen LogP contribution in [0.3, 0.4) is 0 Å². The van der Waals surface area contributed by atoms with E-state index in [1.807, 2.05) is 31.3 Å². The van der Waals surface area contributed by atoms with E-state index in [2.05, 4.69) is 26.3 Å². The van der Waals surface area contributed by atoms with Crippen molar-refractivity contribution in [2.45, 2.75) is 25.3 Å². The molecule has 0 unspecified atom stereocenters. The number of fused-ring (bicyclic) bond motifs is 1. The van der Waals surface area contributed by atoms with Crippen molar-refractivity contribution in [2.75, 3.05) is 37.3 Å². The second kappa shape index (κ2) is 7.22. The molecule has 0 bridgehead atoms. The molecule has 1 spiro atoms. The molecule has 5 rings (SSSR count). The number of aliphatic imine (C=N–C) groups is 1. The van der Waals surface area contributed by atoms with Gasteiger partial charge in [0.2, 0.25) is 0 Å². The van der Waals surface area contributed by atoms with Crippen molar-refractivity contribution < 1.29 is 0 Å². The predicted octanol–water partition coefficient (Wildman–Crippen LogP) is 3.83. The summed E-state index contributed by atoms with van der Waals surface area (Å²) in [6, 6.07) is 8.04. The highest BCUT2D eigenvalue weighted by molar-refractivity contribution is 6.35. The fourth-order valence-electron chi connectivity index (χ4n) is 4.26. The molecule has 3 N–H and O–H groups in total. The molecule has 154 valence electrons. The normalized spacial score (nSPS) is 17.9. The Morgan fingerprint density at radius 3 is 2.87 bits per heavy atom. The monoisotopic (exact) mass is 420 g/mol. The molecule has 2 fully saturated rings. The van der Waals surface area contributed by atoms with Crippen LogP contribution in [0.25, 0.3) is 22.3 Å². The first kappa shape index (κ1) is 19.3. The zero-order valence-corrected chi connectivity index (χ0v) is 18.0. The Hall–Kier alpha value is -2.70. The number of nitrogens with one attached hydrogen (secondary N) is 1. The molecule has 6 nitrogen and oxygen atoms in total. The number of rotatable bonds is 3. The molecule has 1 aliphatic carbocycles. The number of benzene rings is 1. The number of halogens is 1. The fraction of sp³-hybridized carbons (Fsp3) is 0.348. The van der Waals surface area contributed by atoms with Crippen molar-refractivity contribution in [1.82, 2.24) is 15.3 Å². The first-order valence-electron chi connectivity index (χ1n) is 10.3. The quantitative estimate of drug-likeness (QED) is 0.497. The smallest absolute Gasteiger partial charge is 0.161 e. The van der Waals surface area contributed by atoms with Crippen LogP contribution in [0, 0.1) is 6.92 Å². The Labute approximate surface area is 181 Å². The lowest BCUT2D eigenvalue weighted by Gasteiger charge is -2.35. The molecule has 2 aromatic heterocycles. The summed E-state index contributed by atoms with van der Waals surface area (Å²) in [4.78, 5) is 16.0. The summed E-state index contributed by atoms with van der Waals surface area (Å²) in [5, 5.41) is 5.18. The molecule has 1 saturated heterocycles. The Balaban J connectivity index is 1.53. The van der Waals surface area contributed by atoms with Crippen LogP contribution in [0.2, 0.25) is 5.02 Å². The number of aryl methyl sites for hydroxylation is 1. The van der Waals surface area contributed by atoms with Gasteiger partial charge in [0, 0.05) is 60.6 Å². The summed E-state index contributed by atoms with van der Waals surface area (Å²) in [6.07, 6.45) is 6.18. The highest BCUT2D eigenvalue weighted by Gasteiger charge is 2.45. The van der Waals surface area contributed by atoms with Gasteiger partial charge in [0.15, 0.2) is 5.65 Å². The number of nitrogens with zero attached hydrogens (tertiary/aromatic N) is 4. The second-order valence-corrected chi connectivity index (χ2v) is 8.77. The van der Waals surface area contributed by atoms with Gasteiger partial charge in [-0.3, -0.25) is 4.99 Å². The van der Waals surface area contributed by atoms with Crippen LogP contribution >= 0.6 is 11.6 Å².